The number of fused-ring (bicyclic) bond motifs is 3. The molecule has 9 nitrogen and oxygen atoms in total. The Morgan fingerprint density at radius 3 is 2.41 bits per heavy atom. The molecule has 0 N–H and O–H groups in total. The first-order valence-corrected chi connectivity index (χ1v) is 12.2. The summed E-state index contributed by atoms with van der Waals surface area (Å²) in [4.78, 5) is 14.4. The quantitative estimate of drug-likeness (QED) is 0.376. The average Bonchev–Trinajstić information content (AvgIpc) is 3.49. The Bertz CT molecular complexity index is 1630. The predicted octanol–water partition coefficient (Wildman–Crippen LogP) is 3.63. The van der Waals surface area contributed by atoms with Crippen molar-refractivity contribution in [3.63, 3.8) is 0 Å². The van der Waals surface area contributed by atoms with Gasteiger partial charge in [0.15, 0.2) is 11.5 Å². The fourth-order valence-corrected chi connectivity index (χ4v) is 5.36. The molecule has 5 aromatic rings. The van der Waals surface area contributed by atoms with Crippen LogP contribution in [0.5, 0.6) is 0 Å². The monoisotopic (exact) mass is 495 g/mol. The SMILES string of the molecule is Cc1nc2c(N3CCN(C(c4ccc(F)cc4)c4ccc(C#N)cc4)CC3C)nc3nncn3c2n1C. The van der Waals surface area contributed by atoms with Crippen LogP contribution in [0.1, 0.15) is 35.5 Å². The van der Waals surface area contributed by atoms with Crippen LogP contribution in [0.3, 0.4) is 0 Å². The number of aryl methyl sites for hydroxylation is 2. The number of benzene rings is 2. The van der Waals surface area contributed by atoms with E-state index in [0.717, 1.165) is 53.6 Å². The molecule has 2 unspecified atom stereocenters. The van der Waals surface area contributed by atoms with E-state index in [1.54, 1.807) is 6.33 Å². The molecule has 1 aliphatic rings. The normalized spacial score (nSPS) is 17.4. The average molecular weight is 496 g/mol. The lowest BCUT2D eigenvalue weighted by Crippen LogP contribution is -2.53. The second-order valence-corrected chi connectivity index (χ2v) is 9.55. The van der Waals surface area contributed by atoms with Gasteiger partial charge in [-0.3, -0.25) is 4.90 Å². The van der Waals surface area contributed by atoms with Gasteiger partial charge in [0, 0.05) is 32.7 Å². The maximum absolute atomic E-state index is 13.8. The lowest BCUT2D eigenvalue weighted by atomic mass is 9.95. The molecule has 1 fully saturated rings. The van der Waals surface area contributed by atoms with E-state index in [2.05, 4.69) is 33.0 Å². The van der Waals surface area contributed by atoms with Gasteiger partial charge >= 0.3 is 0 Å². The van der Waals surface area contributed by atoms with Gasteiger partial charge in [-0.2, -0.15) is 10.2 Å². The molecule has 0 radical (unpaired) electrons. The van der Waals surface area contributed by atoms with Crippen molar-refractivity contribution in [1.29, 1.82) is 5.26 Å². The third kappa shape index (κ3) is 3.88. The second-order valence-electron chi connectivity index (χ2n) is 9.55. The third-order valence-corrected chi connectivity index (χ3v) is 7.30. The maximum atomic E-state index is 13.8. The van der Waals surface area contributed by atoms with E-state index in [4.69, 9.17) is 9.97 Å². The molecular formula is C27H26FN9. The molecule has 10 heteroatoms. The van der Waals surface area contributed by atoms with E-state index >= 15 is 0 Å². The fraction of sp³-hybridized carbons (Fsp3) is 0.296. The molecule has 186 valence electrons. The van der Waals surface area contributed by atoms with Crippen molar-refractivity contribution in [2.45, 2.75) is 25.9 Å². The van der Waals surface area contributed by atoms with Gasteiger partial charge in [-0.25, -0.2) is 13.8 Å². The summed E-state index contributed by atoms with van der Waals surface area (Å²) in [5.41, 5.74) is 4.44. The Labute approximate surface area is 213 Å². The van der Waals surface area contributed by atoms with Crippen molar-refractivity contribution in [2.24, 2.45) is 7.05 Å². The number of nitriles is 1. The fourth-order valence-electron chi connectivity index (χ4n) is 5.36. The Hall–Kier alpha value is -4.36. The van der Waals surface area contributed by atoms with Gasteiger partial charge in [0.1, 0.15) is 23.5 Å². The van der Waals surface area contributed by atoms with Crippen molar-refractivity contribution >= 4 is 22.8 Å². The number of hydrogen-bond donors (Lipinski definition) is 0. The zero-order valence-corrected chi connectivity index (χ0v) is 20.9. The Balaban J connectivity index is 1.36. The van der Waals surface area contributed by atoms with Crippen LogP contribution in [-0.4, -0.2) is 59.7 Å². The zero-order chi connectivity index (χ0) is 25.7. The van der Waals surface area contributed by atoms with E-state index in [-0.39, 0.29) is 17.9 Å². The summed E-state index contributed by atoms with van der Waals surface area (Å²) in [7, 11) is 1.99. The molecule has 37 heavy (non-hydrogen) atoms. The van der Waals surface area contributed by atoms with Gasteiger partial charge in [0.2, 0.25) is 0 Å². The minimum absolute atomic E-state index is 0.0676. The third-order valence-electron chi connectivity index (χ3n) is 7.30. The van der Waals surface area contributed by atoms with E-state index in [0.29, 0.717) is 11.3 Å². The molecular weight excluding hydrogens is 469 g/mol. The van der Waals surface area contributed by atoms with Crippen molar-refractivity contribution in [2.75, 3.05) is 24.5 Å². The van der Waals surface area contributed by atoms with Crippen LogP contribution < -0.4 is 4.90 Å². The highest BCUT2D eigenvalue weighted by atomic mass is 19.1. The number of anilines is 1. The summed E-state index contributed by atoms with van der Waals surface area (Å²) >= 11 is 0. The summed E-state index contributed by atoms with van der Waals surface area (Å²) in [6.07, 6.45) is 1.67. The molecule has 2 aromatic carbocycles. The lowest BCUT2D eigenvalue weighted by molar-refractivity contribution is 0.187. The van der Waals surface area contributed by atoms with Gasteiger partial charge in [-0.15, -0.1) is 10.2 Å². The Morgan fingerprint density at radius 1 is 1.03 bits per heavy atom. The largest absolute Gasteiger partial charge is 0.349 e. The maximum Gasteiger partial charge on any atom is 0.258 e. The summed E-state index contributed by atoms with van der Waals surface area (Å²) in [5, 5.41) is 17.5. The van der Waals surface area contributed by atoms with Gasteiger partial charge in [-0.05, 0) is 49.2 Å². The van der Waals surface area contributed by atoms with Crippen molar-refractivity contribution in [3.8, 4) is 6.07 Å². The highest BCUT2D eigenvalue weighted by molar-refractivity contribution is 5.86. The van der Waals surface area contributed by atoms with E-state index in [1.807, 2.05) is 59.3 Å². The van der Waals surface area contributed by atoms with Crippen LogP contribution in [0.4, 0.5) is 10.2 Å². The smallest absolute Gasteiger partial charge is 0.258 e. The summed E-state index contributed by atoms with van der Waals surface area (Å²) in [5.74, 6) is 1.98. The molecule has 4 heterocycles. The molecule has 1 saturated heterocycles. The van der Waals surface area contributed by atoms with Crippen LogP contribution in [0.25, 0.3) is 16.9 Å². The van der Waals surface area contributed by atoms with Crippen molar-refractivity contribution in [1.82, 2.24) is 34.0 Å². The molecule has 1 aliphatic heterocycles. The molecule has 0 bridgehead atoms. The minimum atomic E-state index is -0.259. The van der Waals surface area contributed by atoms with Crippen molar-refractivity contribution < 1.29 is 4.39 Å². The van der Waals surface area contributed by atoms with E-state index in [1.165, 1.54) is 12.1 Å². The molecule has 0 saturated carbocycles. The van der Waals surface area contributed by atoms with Crippen LogP contribution in [0.2, 0.25) is 0 Å². The number of piperazine rings is 1. The first-order valence-electron chi connectivity index (χ1n) is 12.2. The minimum Gasteiger partial charge on any atom is -0.349 e. The van der Waals surface area contributed by atoms with Crippen molar-refractivity contribution in [3.05, 3.63) is 83.2 Å². The summed E-state index contributed by atoms with van der Waals surface area (Å²) in [6.45, 7) is 6.42. The highest BCUT2D eigenvalue weighted by Gasteiger charge is 2.33. The van der Waals surface area contributed by atoms with Crippen LogP contribution >= 0.6 is 0 Å². The zero-order valence-electron chi connectivity index (χ0n) is 20.9. The first kappa shape index (κ1) is 23.1. The molecule has 0 amide bonds. The second kappa shape index (κ2) is 8.94. The predicted molar refractivity (Wildman–Crippen MR) is 138 cm³/mol. The summed E-state index contributed by atoms with van der Waals surface area (Å²) < 4.78 is 17.7. The molecule has 2 atom stereocenters. The topological polar surface area (TPSA) is 91.2 Å². The number of halogens is 1. The van der Waals surface area contributed by atoms with Crippen LogP contribution in [-0.2, 0) is 7.05 Å². The highest BCUT2D eigenvalue weighted by Crippen LogP contribution is 2.34. The standard InChI is InChI=1S/C27H26FN9/c1-17-15-35(24(21-8-10-22(28)11-9-21)20-6-4-19(14-29)5-7-20)12-13-36(17)25-23-26(34(3)18(2)31-23)37-16-30-33-27(37)32-25/h4-11,16-17,24H,12-13,15H2,1-3H3. The van der Waals surface area contributed by atoms with Gasteiger partial charge in [0.25, 0.3) is 5.78 Å². The van der Waals surface area contributed by atoms with Gasteiger partial charge < -0.3 is 9.47 Å². The van der Waals surface area contributed by atoms with E-state index in [9.17, 15) is 9.65 Å². The molecule has 0 spiro atoms. The first-order chi connectivity index (χ1) is 17.9. The van der Waals surface area contributed by atoms with Gasteiger partial charge in [-0.1, -0.05) is 24.3 Å². The number of aromatic nitrogens is 6. The Morgan fingerprint density at radius 2 is 1.73 bits per heavy atom. The van der Waals surface area contributed by atoms with E-state index < -0.39 is 0 Å². The summed E-state index contributed by atoms with van der Waals surface area (Å²) in [6, 6.07) is 16.6. The number of hydrogen-bond acceptors (Lipinski definition) is 7. The Kier molecular flexibility index (Phi) is 5.57. The molecule has 0 aliphatic carbocycles. The number of rotatable bonds is 4. The van der Waals surface area contributed by atoms with Gasteiger partial charge in [0.05, 0.1) is 17.7 Å². The molecule has 3 aromatic heterocycles. The van der Waals surface area contributed by atoms with Crippen LogP contribution in [0.15, 0.2) is 54.9 Å². The van der Waals surface area contributed by atoms with Crippen LogP contribution in [0, 0.1) is 24.1 Å². The lowest BCUT2D eigenvalue weighted by Gasteiger charge is -2.44. The number of nitrogens with zero attached hydrogens (tertiary/aromatic N) is 9. The molecule has 6 rings (SSSR count). The number of imidazole rings is 1.